The molecule has 1 heterocycles. The van der Waals surface area contributed by atoms with Gasteiger partial charge in [0, 0.05) is 0 Å². The van der Waals surface area contributed by atoms with E-state index in [1.165, 1.54) is 15.0 Å². The van der Waals surface area contributed by atoms with E-state index in [1.807, 2.05) is 0 Å². The third-order valence-corrected chi connectivity index (χ3v) is 5.85. The summed E-state index contributed by atoms with van der Waals surface area (Å²) in [4.78, 5) is 0. The quantitative estimate of drug-likeness (QED) is 0.587. The Balaban J connectivity index is 2.65. The van der Waals surface area contributed by atoms with E-state index < -0.39 is 0 Å². The molecular formula is C12H25P. The van der Waals surface area contributed by atoms with E-state index in [9.17, 15) is 0 Å². The molecule has 0 nitrogen and oxygen atoms in total. The second kappa shape index (κ2) is 3.89. The minimum atomic E-state index is 0.610. The predicted octanol–water partition coefficient (Wildman–Crippen LogP) is 4.14. The first-order chi connectivity index (χ1) is 5.84. The van der Waals surface area contributed by atoms with Crippen molar-refractivity contribution in [1.82, 2.24) is 0 Å². The van der Waals surface area contributed by atoms with Crippen molar-refractivity contribution in [2.75, 3.05) is 0 Å². The molecule has 4 atom stereocenters. The van der Waals surface area contributed by atoms with Crippen LogP contribution in [0.1, 0.15) is 48.0 Å². The van der Waals surface area contributed by atoms with Crippen LogP contribution in [0.3, 0.4) is 0 Å². The number of hydrogen-bond donors (Lipinski definition) is 0. The van der Waals surface area contributed by atoms with Crippen LogP contribution in [0.2, 0.25) is 0 Å². The summed E-state index contributed by atoms with van der Waals surface area (Å²) in [7, 11) is 1.17. The van der Waals surface area contributed by atoms with Crippen LogP contribution in [0.5, 0.6) is 0 Å². The monoisotopic (exact) mass is 200 g/mol. The molecule has 0 aromatic carbocycles. The Morgan fingerprint density at radius 3 is 2.08 bits per heavy atom. The summed E-state index contributed by atoms with van der Waals surface area (Å²) in [6.07, 6.45) is 1.43. The Morgan fingerprint density at radius 1 is 1.23 bits per heavy atom. The van der Waals surface area contributed by atoms with E-state index in [0.717, 1.165) is 23.4 Å². The van der Waals surface area contributed by atoms with Gasteiger partial charge in [-0.2, -0.15) is 0 Å². The zero-order chi connectivity index (χ0) is 10.2. The van der Waals surface area contributed by atoms with Crippen LogP contribution in [0.4, 0.5) is 0 Å². The normalized spacial score (nSPS) is 40.4. The lowest BCUT2D eigenvalue weighted by molar-refractivity contribution is 0.282. The largest absolute Gasteiger partial charge is 0.113 e. The SMILES string of the molecule is CC(C)CC1C(C)PC(C)(C)C1C. The van der Waals surface area contributed by atoms with Gasteiger partial charge in [-0.15, -0.1) is 8.58 Å². The minimum Gasteiger partial charge on any atom is -0.113 e. The minimum absolute atomic E-state index is 0.610. The lowest BCUT2D eigenvalue weighted by atomic mass is 9.79. The van der Waals surface area contributed by atoms with E-state index in [4.69, 9.17) is 0 Å². The molecule has 0 radical (unpaired) electrons. The van der Waals surface area contributed by atoms with Crippen molar-refractivity contribution in [2.24, 2.45) is 17.8 Å². The molecule has 0 amide bonds. The summed E-state index contributed by atoms with van der Waals surface area (Å²) in [6, 6.07) is 0. The molecule has 4 unspecified atom stereocenters. The first-order valence-corrected chi connectivity index (χ1v) is 6.70. The van der Waals surface area contributed by atoms with Crippen molar-refractivity contribution >= 4 is 8.58 Å². The summed E-state index contributed by atoms with van der Waals surface area (Å²) in [5, 5.41) is 0.610. The lowest BCUT2D eigenvalue weighted by Gasteiger charge is -2.27. The Hall–Kier alpha value is 0.430. The van der Waals surface area contributed by atoms with Gasteiger partial charge in [-0.05, 0) is 35.0 Å². The van der Waals surface area contributed by atoms with Gasteiger partial charge in [0.15, 0.2) is 0 Å². The van der Waals surface area contributed by atoms with Gasteiger partial charge >= 0.3 is 0 Å². The van der Waals surface area contributed by atoms with Crippen LogP contribution in [0, 0.1) is 17.8 Å². The third-order valence-electron chi connectivity index (χ3n) is 3.77. The molecule has 0 aromatic rings. The molecule has 0 aliphatic carbocycles. The van der Waals surface area contributed by atoms with Gasteiger partial charge in [-0.25, -0.2) is 0 Å². The fourth-order valence-electron chi connectivity index (χ4n) is 2.75. The van der Waals surface area contributed by atoms with Crippen molar-refractivity contribution in [3.8, 4) is 0 Å². The van der Waals surface area contributed by atoms with Crippen molar-refractivity contribution < 1.29 is 0 Å². The maximum absolute atomic E-state index is 2.46. The molecule has 0 bridgehead atoms. The van der Waals surface area contributed by atoms with Gasteiger partial charge < -0.3 is 0 Å². The molecule has 1 fully saturated rings. The second-order valence-electron chi connectivity index (χ2n) is 5.74. The fourth-order valence-corrected chi connectivity index (χ4v) is 5.04. The summed E-state index contributed by atoms with van der Waals surface area (Å²) < 4.78 is 0. The molecular weight excluding hydrogens is 175 g/mol. The Morgan fingerprint density at radius 2 is 1.77 bits per heavy atom. The van der Waals surface area contributed by atoms with Gasteiger partial charge in [0.2, 0.25) is 0 Å². The Bertz CT molecular complexity index is 172. The highest BCUT2D eigenvalue weighted by Gasteiger charge is 2.43. The van der Waals surface area contributed by atoms with Gasteiger partial charge in [0.25, 0.3) is 0 Å². The molecule has 0 spiro atoms. The Kier molecular flexibility index (Phi) is 3.44. The molecule has 0 saturated carbocycles. The summed E-state index contributed by atoms with van der Waals surface area (Å²) in [5.41, 5.74) is 0.965. The van der Waals surface area contributed by atoms with Crippen LogP contribution in [0.15, 0.2) is 0 Å². The van der Waals surface area contributed by atoms with Crippen molar-refractivity contribution in [1.29, 1.82) is 0 Å². The van der Waals surface area contributed by atoms with Crippen LogP contribution in [-0.2, 0) is 0 Å². The number of rotatable bonds is 2. The highest BCUT2D eigenvalue weighted by molar-refractivity contribution is 7.41. The van der Waals surface area contributed by atoms with Gasteiger partial charge in [-0.1, -0.05) is 41.5 Å². The summed E-state index contributed by atoms with van der Waals surface area (Å²) in [6.45, 7) is 14.5. The van der Waals surface area contributed by atoms with Crippen LogP contribution in [0.25, 0.3) is 0 Å². The predicted molar refractivity (Wildman–Crippen MR) is 64.0 cm³/mol. The third kappa shape index (κ3) is 2.46. The molecule has 1 aliphatic heterocycles. The summed E-state index contributed by atoms with van der Waals surface area (Å²) >= 11 is 0. The molecule has 1 rings (SSSR count). The van der Waals surface area contributed by atoms with Crippen molar-refractivity contribution in [3.63, 3.8) is 0 Å². The van der Waals surface area contributed by atoms with E-state index in [2.05, 4.69) is 41.5 Å². The highest BCUT2D eigenvalue weighted by Crippen LogP contribution is 2.56. The van der Waals surface area contributed by atoms with E-state index >= 15 is 0 Å². The fraction of sp³-hybridized carbons (Fsp3) is 1.00. The topological polar surface area (TPSA) is 0 Å². The van der Waals surface area contributed by atoms with Crippen LogP contribution < -0.4 is 0 Å². The van der Waals surface area contributed by atoms with Crippen LogP contribution in [-0.4, -0.2) is 10.8 Å². The maximum atomic E-state index is 2.46. The molecule has 1 heteroatoms. The van der Waals surface area contributed by atoms with Gasteiger partial charge in [0.05, 0.1) is 0 Å². The maximum Gasteiger partial charge on any atom is -0.0148 e. The standard InChI is InChI=1S/C12H25P/c1-8(2)7-11-9(3)12(5,6)13-10(11)4/h8-11,13H,7H2,1-6H3. The molecule has 0 aromatic heterocycles. The van der Waals surface area contributed by atoms with Gasteiger partial charge in [0.1, 0.15) is 0 Å². The van der Waals surface area contributed by atoms with E-state index in [1.54, 1.807) is 0 Å². The van der Waals surface area contributed by atoms with Crippen molar-refractivity contribution in [3.05, 3.63) is 0 Å². The molecule has 78 valence electrons. The molecule has 13 heavy (non-hydrogen) atoms. The second-order valence-corrected chi connectivity index (χ2v) is 8.22. The number of hydrogen-bond acceptors (Lipinski definition) is 0. The lowest BCUT2D eigenvalue weighted by Crippen LogP contribution is -2.25. The molecule has 1 saturated heterocycles. The first-order valence-electron chi connectivity index (χ1n) is 5.62. The zero-order valence-corrected chi connectivity index (χ0v) is 11.0. The smallest absolute Gasteiger partial charge is 0.0148 e. The van der Waals surface area contributed by atoms with E-state index in [-0.39, 0.29) is 0 Å². The molecule has 0 N–H and O–H groups in total. The average molecular weight is 200 g/mol. The van der Waals surface area contributed by atoms with Crippen molar-refractivity contribution in [2.45, 2.75) is 58.8 Å². The Labute approximate surface area is 85.7 Å². The first kappa shape index (κ1) is 11.5. The van der Waals surface area contributed by atoms with Crippen LogP contribution >= 0.6 is 8.58 Å². The zero-order valence-electron chi connectivity index (χ0n) is 10.0. The average Bonchev–Trinajstić information content (AvgIpc) is 2.12. The summed E-state index contributed by atoms with van der Waals surface area (Å²) in [5.74, 6) is 2.77. The highest BCUT2D eigenvalue weighted by atomic mass is 31.1. The van der Waals surface area contributed by atoms with Gasteiger partial charge in [-0.3, -0.25) is 0 Å². The molecule has 1 aliphatic rings. The van der Waals surface area contributed by atoms with E-state index in [0.29, 0.717) is 5.16 Å².